The lowest BCUT2D eigenvalue weighted by molar-refractivity contribution is 0.891. The Kier molecular flexibility index (Phi) is 3.92. The van der Waals surface area contributed by atoms with Crippen molar-refractivity contribution in [3.05, 3.63) is 41.2 Å². The lowest BCUT2D eigenvalue weighted by Gasteiger charge is -2.07. The zero-order valence-electron chi connectivity index (χ0n) is 11.9. The standard InChI is InChI=1S/C16H19N3S/c1-3-14-18-15(17-2)10-16(19-14)20-13-8-7-11-5-4-6-12(11)9-13/h7-10H,3-6H2,1-2H3,(H,17,18,19). The normalized spacial score (nSPS) is 13.3. The van der Waals surface area contributed by atoms with E-state index in [1.165, 1.54) is 35.3 Å². The molecule has 0 saturated carbocycles. The minimum Gasteiger partial charge on any atom is -0.373 e. The van der Waals surface area contributed by atoms with Gasteiger partial charge in [-0.05, 0) is 42.5 Å². The van der Waals surface area contributed by atoms with Crippen LogP contribution < -0.4 is 5.32 Å². The van der Waals surface area contributed by atoms with Gasteiger partial charge in [0.1, 0.15) is 16.7 Å². The number of fused-ring (bicyclic) bond motifs is 1. The summed E-state index contributed by atoms with van der Waals surface area (Å²) in [5.74, 6) is 1.78. The molecule has 0 bridgehead atoms. The third kappa shape index (κ3) is 2.80. The highest BCUT2D eigenvalue weighted by Gasteiger charge is 2.12. The molecule has 3 rings (SSSR count). The molecular formula is C16H19N3S. The van der Waals surface area contributed by atoms with E-state index in [0.29, 0.717) is 0 Å². The van der Waals surface area contributed by atoms with Crippen LogP contribution in [0.15, 0.2) is 34.2 Å². The van der Waals surface area contributed by atoms with Gasteiger partial charge in [0, 0.05) is 24.4 Å². The Bertz CT molecular complexity index is 603. The van der Waals surface area contributed by atoms with Crippen molar-refractivity contribution in [1.29, 1.82) is 0 Å². The van der Waals surface area contributed by atoms with Crippen LogP contribution in [0.3, 0.4) is 0 Å². The maximum atomic E-state index is 4.60. The molecule has 20 heavy (non-hydrogen) atoms. The fourth-order valence-electron chi connectivity index (χ4n) is 2.54. The van der Waals surface area contributed by atoms with Crippen LogP contribution in [0.5, 0.6) is 0 Å². The van der Waals surface area contributed by atoms with Crippen LogP contribution in [0.2, 0.25) is 0 Å². The molecule has 0 amide bonds. The summed E-state index contributed by atoms with van der Waals surface area (Å²) in [5, 5.41) is 4.12. The molecule has 1 aliphatic carbocycles. The average molecular weight is 285 g/mol. The fourth-order valence-corrected chi connectivity index (χ4v) is 3.44. The van der Waals surface area contributed by atoms with E-state index in [-0.39, 0.29) is 0 Å². The molecule has 0 unspecified atom stereocenters. The Hall–Kier alpha value is -1.55. The van der Waals surface area contributed by atoms with Gasteiger partial charge in [-0.3, -0.25) is 0 Å². The fraction of sp³-hybridized carbons (Fsp3) is 0.375. The van der Waals surface area contributed by atoms with Crippen LogP contribution in [-0.4, -0.2) is 17.0 Å². The van der Waals surface area contributed by atoms with E-state index in [4.69, 9.17) is 0 Å². The third-order valence-electron chi connectivity index (χ3n) is 3.61. The quantitative estimate of drug-likeness (QED) is 0.869. The first-order valence-corrected chi connectivity index (χ1v) is 7.95. The van der Waals surface area contributed by atoms with E-state index in [2.05, 4.69) is 40.4 Å². The highest BCUT2D eigenvalue weighted by Crippen LogP contribution is 2.31. The van der Waals surface area contributed by atoms with E-state index in [1.54, 1.807) is 11.8 Å². The second-order valence-corrected chi connectivity index (χ2v) is 6.09. The van der Waals surface area contributed by atoms with E-state index in [9.17, 15) is 0 Å². The topological polar surface area (TPSA) is 37.8 Å². The second-order valence-electron chi connectivity index (χ2n) is 5.00. The molecule has 4 heteroatoms. The van der Waals surface area contributed by atoms with Crippen molar-refractivity contribution in [1.82, 2.24) is 9.97 Å². The number of aryl methyl sites for hydroxylation is 3. The number of rotatable bonds is 4. The molecule has 0 spiro atoms. The highest BCUT2D eigenvalue weighted by atomic mass is 32.2. The van der Waals surface area contributed by atoms with Crippen LogP contribution in [0.25, 0.3) is 0 Å². The summed E-state index contributed by atoms with van der Waals surface area (Å²) in [6, 6.07) is 8.81. The van der Waals surface area contributed by atoms with Crippen LogP contribution in [0.1, 0.15) is 30.3 Å². The van der Waals surface area contributed by atoms with Gasteiger partial charge < -0.3 is 5.32 Å². The van der Waals surface area contributed by atoms with Crippen molar-refractivity contribution in [2.45, 2.75) is 42.5 Å². The summed E-state index contributed by atoms with van der Waals surface area (Å²) in [4.78, 5) is 10.3. The Morgan fingerprint density at radius 3 is 2.80 bits per heavy atom. The number of benzene rings is 1. The molecule has 104 valence electrons. The maximum absolute atomic E-state index is 4.60. The van der Waals surface area contributed by atoms with E-state index < -0.39 is 0 Å². The molecule has 2 aromatic rings. The average Bonchev–Trinajstić information content (AvgIpc) is 2.94. The predicted molar refractivity (Wildman–Crippen MR) is 83.5 cm³/mol. The number of hydrogen-bond donors (Lipinski definition) is 1. The van der Waals surface area contributed by atoms with Crippen LogP contribution >= 0.6 is 11.8 Å². The third-order valence-corrected chi connectivity index (χ3v) is 4.52. The van der Waals surface area contributed by atoms with Gasteiger partial charge in [0.2, 0.25) is 0 Å². The van der Waals surface area contributed by atoms with Gasteiger partial charge in [0.15, 0.2) is 0 Å². The van der Waals surface area contributed by atoms with E-state index in [0.717, 1.165) is 23.1 Å². The van der Waals surface area contributed by atoms with Gasteiger partial charge in [0.05, 0.1) is 0 Å². The largest absolute Gasteiger partial charge is 0.373 e. The lowest BCUT2D eigenvalue weighted by Crippen LogP contribution is -2.00. The molecule has 1 aromatic carbocycles. The van der Waals surface area contributed by atoms with Gasteiger partial charge in [-0.25, -0.2) is 9.97 Å². The summed E-state index contributed by atoms with van der Waals surface area (Å²) < 4.78 is 0. The second kappa shape index (κ2) is 5.83. The SMILES string of the molecule is CCc1nc(NC)cc(Sc2ccc3c(c2)CCC3)n1. The molecule has 0 saturated heterocycles. The molecule has 1 aromatic heterocycles. The van der Waals surface area contributed by atoms with E-state index in [1.807, 2.05) is 13.1 Å². The Morgan fingerprint density at radius 2 is 2.00 bits per heavy atom. The van der Waals surface area contributed by atoms with Crippen LogP contribution in [-0.2, 0) is 19.3 Å². The van der Waals surface area contributed by atoms with Crippen LogP contribution in [0.4, 0.5) is 5.82 Å². The van der Waals surface area contributed by atoms with Crippen molar-refractivity contribution in [2.24, 2.45) is 0 Å². The molecule has 3 nitrogen and oxygen atoms in total. The number of aromatic nitrogens is 2. The molecule has 0 atom stereocenters. The van der Waals surface area contributed by atoms with Gasteiger partial charge in [-0.2, -0.15) is 0 Å². The Labute approximate surface area is 124 Å². The van der Waals surface area contributed by atoms with Gasteiger partial charge in [0.25, 0.3) is 0 Å². The summed E-state index contributed by atoms with van der Waals surface area (Å²) in [6.07, 6.45) is 4.60. The van der Waals surface area contributed by atoms with Crippen molar-refractivity contribution in [3.8, 4) is 0 Å². The minimum absolute atomic E-state index is 0.854. The highest BCUT2D eigenvalue weighted by molar-refractivity contribution is 7.99. The van der Waals surface area contributed by atoms with Crippen molar-refractivity contribution >= 4 is 17.6 Å². The number of nitrogens with zero attached hydrogens (tertiary/aromatic N) is 2. The summed E-state index contributed by atoms with van der Waals surface area (Å²) in [7, 11) is 1.89. The Balaban J connectivity index is 1.87. The van der Waals surface area contributed by atoms with Gasteiger partial charge in [-0.1, -0.05) is 24.8 Å². The smallest absolute Gasteiger partial charge is 0.131 e. The molecule has 0 radical (unpaired) electrons. The zero-order chi connectivity index (χ0) is 13.9. The van der Waals surface area contributed by atoms with Crippen LogP contribution in [0, 0.1) is 0 Å². The van der Waals surface area contributed by atoms with E-state index >= 15 is 0 Å². The molecule has 1 heterocycles. The first-order chi connectivity index (χ1) is 9.78. The molecule has 0 aliphatic heterocycles. The maximum Gasteiger partial charge on any atom is 0.131 e. The first-order valence-electron chi connectivity index (χ1n) is 7.14. The predicted octanol–water partition coefficient (Wildman–Crippen LogP) is 3.72. The molecule has 1 aliphatic rings. The monoisotopic (exact) mass is 285 g/mol. The summed E-state index contributed by atoms with van der Waals surface area (Å²) in [5.41, 5.74) is 3.02. The number of hydrogen-bond acceptors (Lipinski definition) is 4. The lowest BCUT2D eigenvalue weighted by atomic mass is 10.1. The first kappa shape index (κ1) is 13.4. The molecule has 0 fully saturated rings. The number of nitrogens with one attached hydrogen (secondary N) is 1. The van der Waals surface area contributed by atoms with Crippen molar-refractivity contribution < 1.29 is 0 Å². The Morgan fingerprint density at radius 1 is 1.15 bits per heavy atom. The summed E-state index contributed by atoms with van der Waals surface area (Å²) >= 11 is 1.72. The van der Waals surface area contributed by atoms with Crippen molar-refractivity contribution in [3.63, 3.8) is 0 Å². The van der Waals surface area contributed by atoms with Gasteiger partial charge in [-0.15, -0.1) is 0 Å². The van der Waals surface area contributed by atoms with Gasteiger partial charge >= 0.3 is 0 Å². The summed E-state index contributed by atoms with van der Waals surface area (Å²) in [6.45, 7) is 2.08. The molecular weight excluding hydrogens is 266 g/mol. The van der Waals surface area contributed by atoms with Crippen molar-refractivity contribution in [2.75, 3.05) is 12.4 Å². The zero-order valence-corrected chi connectivity index (χ0v) is 12.8. The minimum atomic E-state index is 0.854. The number of anilines is 1. The molecule has 1 N–H and O–H groups in total.